The monoisotopic (exact) mass is 507 g/mol. The summed E-state index contributed by atoms with van der Waals surface area (Å²) in [4.78, 5) is 24.5. The van der Waals surface area contributed by atoms with Crippen LogP contribution in [0.5, 0.6) is 5.75 Å². The maximum atomic E-state index is 14.0. The lowest BCUT2D eigenvalue weighted by atomic mass is 9.93. The van der Waals surface area contributed by atoms with Crippen LogP contribution in [0.1, 0.15) is 33.3 Å². The summed E-state index contributed by atoms with van der Waals surface area (Å²) in [6.07, 6.45) is -0.688. The van der Waals surface area contributed by atoms with Crippen molar-refractivity contribution in [3.05, 3.63) is 47.8 Å². The molecule has 2 amide bonds. The maximum Gasteiger partial charge on any atom is 0.412 e. The van der Waals surface area contributed by atoms with Crippen LogP contribution in [0.15, 0.2) is 41.3 Å². The zero-order chi connectivity index (χ0) is 26.1. The third kappa shape index (κ3) is 5.50. The van der Waals surface area contributed by atoms with E-state index >= 15 is 0 Å². The van der Waals surface area contributed by atoms with Gasteiger partial charge in [0.25, 0.3) is 10.0 Å². The number of methoxy groups -OCH3 is 1. The number of anilines is 2. The molecular formula is C24H30FN3O6S. The molecule has 190 valence electrons. The Morgan fingerprint density at radius 3 is 2.49 bits per heavy atom. The minimum Gasteiger partial charge on any atom is -0.494 e. The molecule has 9 nitrogen and oxygen atoms in total. The van der Waals surface area contributed by atoms with Crippen LogP contribution in [0.25, 0.3) is 0 Å². The van der Waals surface area contributed by atoms with E-state index in [-0.39, 0.29) is 35.6 Å². The number of fused-ring (bicyclic) bond motifs is 1. The van der Waals surface area contributed by atoms with Crippen LogP contribution < -0.4 is 19.3 Å². The Labute approximate surface area is 204 Å². The van der Waals surface area contributed by atoms with Gasteiger partial charge < -0.3 is 15.2 Å². The fourth-order valence-electron chi connectivity index (χ4n) is 4.17. The highest BCUT2D eigenvalue weighted by atomic mass is 32.2. The summed E-state index contributed by atoms with van der Waals surface area (Å²) in [7, 11) is -2.94. The summed E-state index contributed by atoms with van der Waals surface area (Å²) in [5.41, 5.74) is 0.560. The van der Waals surface area contributed by atoms with Gasteiger partial charge in [0.2, 0.25) is 5.91 Å². The number of amides is 2. The molecule has 0 aliphatic carbocycles. The number of sulfonamides is 1. The Balaban J connectivity index is 2.15. The fraction of sp³-hybridized carbons (Fsp3) is 0.417. The van der Waals surface area contributed by atoms with Crippen molar-refractivity contribution in [2.45, 2.75) is 44.6 Å². The first-order valence-corrected chi connectivity index (χ1v) is 12.5. The minimum atomic E-state index is -4.19. The lowest BCUT2D eigenvalue weighted by Gasteiger charge is -2.38. The van der Waals surface area contributed by atoms with E-state index in [1.165, 1.54) is 23.2 Å². The molecule has 11 heteroatoms. The first-order chi connectivity index (χ1) is 16.3. The van der Waals surface area contributed by atoms with Gasteiger partial charge in [-0.2, -0.15) is 0 Å². The van der Waals surface area contributed by atoms with E-state index in [9.17, 15) is 27.5 Å². The standard InChI is InChI=1S/C24H30FN3O6S/c1-15(29)26-13-16-10-17-6-7-18(28(23(30)31)24(2,3)4)11-21(17)27(14-16)35(32,33)19-8-9-20(25)22(12-19)34-5/h6-9,11-12,16H,10,13-14H2,1-5H3,(H,26,29)(H,30,31)/t16-/m1/s1. The number of rotatable bonds is 6. The molecule has 1 heterocycles. The number of hydrogen-bond donors (Lipinski definition) is 2. The molecule has 0 bridgehead atoms. The van der Waals surface area contributed by atoms with Gasteiger partial charge in [0, 0.05) is 37.3 Å². The molecule has 1 aliphatic rings. The van der Waals surface area contributed by atoms with Crippen LogP contribution in [-0.4, -0.2) is 51.3 Å². The molecule has 2 aromatic carbocycles. The molecule has 1 aliphatic heterocycles. The first-order valence-electron chi connectivity index (χ1n) is 11.0. The predicted molar refractivity (Wildman–Crippen MR) is 130 cm³/mol. The highest BCUT2D eigenvalue weighted by Gasteiger charge is 2.36. The smallest absolute Gasteiger partial charge is 0.412 e. The number of carbonyl (C=O) groups excluding carboxylic acids is 1. The summed E-state index contributed by atoms with van der Waals surface area (Å²) in [6, 6.07) is 8.19. The Morgan fingerprint density at radius 2 is 1.91 bits per heavy atom. The molecule has 0 unspecified atom stereocenters. The topological polar surface area (TPSA) is 116 Å². The molecule has 0 spiro atoms. The third-order valence-corrected chi connectivity index (χ3v) is 7.52. The highest BCUT2D eigenvalue weighted by Crippen LogP contribution is 2.38. The van der Waals surface area contributed by atoms with Crippen molar-refractivity contribution in [2.75, 3.05) is 29.4 Å². The number of carbonyl (C=O) groups is 2. The van der Waals surface area contributed by atoms with E-state index in [0.717, 1.165) is 18.2 Å². The van der Waals surface area contributed by atoms with Gasteiger partial charge >= 0.3 is 6.09 Å². The van der Waals surface area contributed by atoms with Crippen molar-refractivity contribution in [2.24, 2.45) is 5.92 Å². The molecule has 0 saturated heterocycles. The van der Waals surface area contributed by atoms with E-state index in [0.29, 0.717) is 23.4 Å². The largest absolute Gasteiger partial charge is 0.494 e. The second-order valence-electron chi connectivity index (χ2n) is 9.44. The average molecular weight is 508 g/mol. The van der Waals surface area contributed by atoms with Gasteiger partial charge in [0.1, 0.15) is 0 Å². The van der Waals surface area contributed by atoms with Gasteiger partial charge in [-0.15, -0.1) is 0 Å². The van der Waals surface area contributed by atoms with Crippen molar-refractivity contribution in [1.82, 2.24) is 5.32 Å². The highest BCUT2D eigenvalue weighted by molar-refractivity contribution is 7.92. The normalized spacial score (nSPS) is 15.8. The van der Waals surface area contributed by atoms with Crippen molar-refractivity contribution in [3.8, 4) is 5.75 Å². The van der Waals surface area contributed by atoms with Crippen molar-refractivity contribution >= 4 is 33.4 Å². The Morgan fingerprint density at radius 1 is 1.23 bits per heavy atom. The number of hydrogen-bond acceptors (Lipinski definition) is 5. The zero-order valence-electron chi connectivity index (χ0n) is 20.3. The first kappa shape index (κ1) is 26.3. The zero-order valence-corrected chi connectivity index (χ0v) is 21.1. The van der Waals surface area contributed by atoms with Gasteiger partial charge in [-0.05, 0) is 62.9 Å². The molecule has 0 saturated carbocycles. The second kappa shape index (κ2) is 9.73. The van der Waals surface area contributed by atoms with Crippen LogP contribution >= 0.6 is 0 Å². The quantitative estimate of drug-likeness (QED) is 0.617. The molecule has 35 heavy (non-hydrogen) atoms. The third-order valence-electron chi connectivity index (χ3n) is 5.74. The van der Waals surface area contributed by atoms with E-state index in [1.54, 1.807) is 39.0 Å². The van der Waals surface area contributed by atoms with Crippen LogP contribution in [0.3, 0.4) is 0 Å². The molecule has 0 aromatic heterocycles. The van der Waals surface area contributed by atoms with Gasteiger partial charge in [-0.1, -0.05) is 6.07 Å². The number of benzene rings is 2. The molecule has 0 fully saturated rings. The fourth-order valence-corrected chi connectivity index (χ4v) is 5.76. The molecule has 3 rings (SSSR count). The van der Waals surface area contributed by atoms with Gasteiger partial charge in [-0.25, -0.2) is 17.6 Å². The molecular weight excluding hydrogens is 477 g/mol. The Kier molecular flexibility index (Phi) is 7.30. The van der Waals surface area contributed by atoms with Crippen molar-refractivity contribution in [1.29, 1.82) is 0 Å². The molecule has 1 atom stereocenters. The van der Waals surface area contributed by atoms with Gasteiger partial charge in [0.15, 0.2) is 11.6 Å². The Bertz CT molecular complexity index is 1240. The molecule has 2 aromatic rings. The van der Waals surface area contributed by atoms with E-state index in [2.05, 4.69) is 5.32 Å². The lowest BCUT2D eigenvalue weighted by molar-refractivity contribution is -0.119. The van der Waals surface area contributed by atoms with Crippen LogP contribution in [-0.2, 0) is 21.2 Å². The Hall–Kier alpha value is -3.34. The van der Waals surface area contributed by atoms with Gasteiger partial charge in [-0.3, -0.25) is 14.0 Å². The maximum absolute atomic E-state index is 14.0. The predicted octanol–water partition coefficient (Wildman–Crippen LogP) is 3.62. The number of nitrogens with zero attached hydrogens (tertiary/aromatic N) is 2. The number of carboxylic acid groups (broad SMARTS) is 1. The summed E-state index contributed by atoms with van der Waals surface area (Å²) >= 11 is 0. The average Bonchev–Trinajstić information content (AvgIpc) is 2.76. The summed E-state index contributed by atoms with van der Waals surface area (Å²) in [5.74, 6) is -1.37. The van der Waals surface area contributed by atoms with E-state index in [1.807, 2.05) is 0 Å². The number of nitrogens with one attached hydrogen (secondary N) is 1. The van der Waals surface area contributed by atoms with Crippen LogP contribution in [0.2, 0.25) is 0 Å². The summed E-state index contributed by atoms with van der Waals surface area (Å²) in [5, 5.41) is 12.6. The lowest BCUT2D eigenvalue weighted by Crippen LogP contribution is -2.46. The number of halogens is 1. The minimum absolute atomic E-state index is 0.0430. The van der Waals surface area contributed by atoms with Crippen molar-refractivity contribution in [3.63, 3.8) is 0 Å². The second-order valence-corrected chi connectivity index (χ2v) is 11.3. The molecule has 2 N–H and O–H groups in total. The number of ether oxygens (including phenoxy) is 1. The van der Waals surface area contributed by atoms with Gasteiger partial charge in [0.05, 0.1) is 17.7 Å². The van der Waals surface area contributed by atoms with Crippen LogP contribution in [0.4, 0.5) is 20.6 Å². The molecule has 0 radical (unpaired) electrons. The summed E-state index contributed by atoms with van der Waals surface area (Å²) < 4.78 is 47.6. The van der Waals surface area contributed by atoms with E-state index in [4.69, 9.17) is 4.74 Å². The van der Waals surface area contributed by atoms with Crippen molar-refractivity contribution < 1.29 is 32.2 Å². The summed E-state index contributed by atoms with van der Waals surface area (Å²) in [6.45, 7) is 6.91. The SMILES string of the molecule is COc1cc(S(=O)(=O)N2C[C@@H](CNC(C)=O)Cc3ccc(N(C(=O)O)C(C)(C)C)cc32)ccc1F. The van der Waals surface area contributed by atoms with Crippen LogP contribution in [0, 0.1) is 11.7 Å². The van der Waals surface area contributed by atoms with E-state index < -0.39 is 27.5 Å².